The normalized spacial score (nSPS) is 11.7. The number of aromatic amines is 2. The van der Waals surface area contributed by atoms with E-state index in [2.05, 4.69) is 9.97 Å². The molecule has 1 aromatic heterocycles. The molecule has 0 aliphatic heterocycles. The lowest BCUT2D eigenvalue weighted by atomic mass is 10.1. The number of hydrogen-bond donors (Lipinski definition) is 3. The van der Waals surface area contributed by atoms with Crippen molar-refractivity contribution in [3.05, 3.63) is 55.1 Å². The van der Waals surface area contributed by atoms with Gasteiger partial charge in [-0.25, -0.2) is 8.42 Å². The number of nitro groups is 1. The minimum atomic E-state index is -4.09. The molecule has 3 aromatic rings. The average Bonchev–Trinajstić information content (AvgIpc) is 2.53. The number of hydrogen-bond acceptors (Lipinski definition) is 7. The number of nitrogens with two attached hydrogens (primary N) is 1. The Morgan fingerprint density at radius 2 is 1.77 bits per heavy atom. The Labute approximate surface area is 143 Å². The topological polar surface area (TPSA) is 186 Å². The number of nitrogens with one attached hydrogen (secondary N) is 2. The summed E-state index contributed by atoms with van der Waals surface area (Å²) in [6.45, 7) is 0. The maximum Gasteiger partial charge on any atom is 0.314 e. The number of aromatic nitrogens is 2. The standard InChI is InChI=1S/C14H10N4O7S/c15-11(19)5-26(24,25)6-1-2-7-8(3-6)10(18(22)23)4-9-12(7)17-14(21)13(20)16-9/h1-4H,5H2,(H2,15,19)(H,16,20)(H,17,21). The van der Waals surface area contributed by atoms with Crippen LogP contribution in [0.25, 0.3) is 21.8 Å². The summed E-state index contributed by atoms with van der Waals surface area (Å²) in [4.78, 5) is 48.8. The third kappa shape index (κ3) is 2.82. The second kappa shape index (κ2) is 5.77. The van der Waals surface area contributed by atoms with Crippen molar-refractivity contribution < 1.29 is 18.1 Å². The monoisotopic (exact) mass is 378 g/mol. The van der Waals surface area contributed by atoms with Crippen LogP contribution >= 0.6 is 0 Å². The summed E-state index contributed by atoms with van der Waals surface area (Å²) >= 11 is 0. The maximum absolute atomic E-state index is 12.2. The minimum Gasteiger partial charge on any atom is -0.369 e. The van der Waals surface area contributed by atoms with E-state index >= 15 is 0 Å². The summed E-state index contributed by atoms with van der Waals surface area (Å²) in [5.41, 5.74) is 2.61. The van der Waals surface area contributed by atoms with E-state index in [1.807, 2.05) is 0 Å². The Kier molecular flexibility index (Phi) is 3.84. The second-order valence-corrected chi connectivity index (χ2v) is 7.41. The van der Waals surface area contributed by atoms with Gasteiger partial charge >= 0.3 is 11.1 Å². The van der Waals surface area contributed by atoms with Crippen LogP contribution < -0.4 is 16.9 Å². The van der Waals surface area contributed by atoms with Crippen molar-refractivity contribution in [2.75, 3.05) is 5.75 Å². The summed E-state index contributed by atoms with van der Waals surface area (Å²) in [5, 5.41) is 11.4. The van der Waals surface area contributed by atoms with Gasteiger partial charge in [-0.05, 0) is 12.1 Å². The molecule has 0 saturated carbocycles. The number of carbonyl (C=O) groups excluding carboxylic acids is 1. The van der Waals surface area contributed by atoms with Crippen molar-refractivity contribution in [3.63, 3.8) is 0 Å². The number of nitro benzene ring substituents is 1. The van der Waals surface area contributed by atoms with Crippen molar-refractivity contribution in [2.24, 2.45) is 5.73 Å². The number of amides is 1. The molecule has 0 spiro atoms. The molecular weight excluding hydrogens is 368 g/mol. The third-order valence-electron chi connectivity index (χ3n) is 3.67. The Balaban J connectivity index is 2.44. The van der Waals surface area contributed by atoms with Gasteiger partial charge < -0.3 is 15.7 Å². The molecular formula is C14H10N4O7S. The molecule has 1 amide bonds. The van der Waals surface area contributed by atoms with E-state index < -0.39 is 43.2 Å². The predicted molar refractivity (Wildman–Crippen MR) is 90.6 cm³/mol. The van der Waals surface area contributed by atoms with E-state index in [9.17, 15) is 32.9 Å². The molecule has 0 atom stereocenters. The highest BCUT2D eigenvalue weighted by molar-refractivity contribution is 7.92. The number of sulfone groups is 1. The molecule has 0 aliphatic carbocycles. The summed E-state index contributed by atoms with van der Waals surface area (Å²) in [7, 11) is -4.09. The van der Waals surface area contributed by atoms with E-state index in [4.69, 9.17) is 5.73 Å². The number of rotatable bonds is 4. The summed E-state index contributed by atoms with van der Waals surface area (Å²) in [6, 6.07) is 4.41. The highest BCUT2D eigenvalue weighted by Crippen LogP contribution is 2.32. The minimum absolute atomic E-state index is 0.0153. The van der Waals surface area contributed by atoms with Gasteiger partial charge in [0.2, 0.25) is 5.91 Å². The SMILES string of the molecule is NC(=O)CS(=O)(=O)c1ccc2c(c1)c([N+](=O)[O-])cc1[nH]c(=O)c(=O)[nH]c12. The van der Waals surface area contributed by atoms with Crippen LogP contribution in [-0.2, 0) is 14.6 Å². The van der Waals surface area contributed by atoms with Crippen LogP contribution in [0.3, 0.4) is 0 Å². The van der Waals surface area contributed by atoms with Gasteiger partial charge in [0.15, 0.2) is 9.84 Å². The summed E-state index contributed by atoms with van der Waals surface area (Å²) in [5.74, 6) is -2.02. The predicted octanol–water partition coefficient (Wildman–Crippen LogP) is -0.463. The number of benzene rings is 2. The first-order valence-electron chi connectivity index (χ1n) is 6.98. The molecule has 0 radical (unpaired) electrons. The van der Waals surface area contributed by atoms with Gasteiger partial charge in [0.25, 0.3) is 5.69 Å². The van der Waals surface area contributed by atoms with Crippen LogP contribution in [0, 0.1) is 10.1 Å². The number of nitrogens with zero attached hydrogens (tertiary/aromatic N) is 1. The molecule has 0 fully saturated rings. The van der Waals surface area contributed by atoms with Gasteiger partial charge in [0, 0.05) is 11.5 Å². The smallest absolute Gasteiger partial charge is 0.314 e. The first kappa shape index (κ1) is 17.3. The Bertz CT molecular complexity index is 1320. The van der Waals surface area contributed by atoms with E-state index in [1.54, 1.807) is 0 Å². The zero-order valence-corrected chi connectivity index (χ0v) is 13.6. The largest absolute Gasteiger partial charge is 0.369 e. The van der Waals surface area contributed by atoms with Crippen LogP contribution in [0.4, 0.5) is 5.69 Å². The van der Waals surface area contributed by atoms with E-state index in [1.165, 1.54) is 6.07 Å². The van der Waals surface area contributed by atoms with Gasteiger partial charge in [0.1, 0.15) is 5.75 Å². The number of H-pyrrole nitrogens is 2. The zero-order chi connectivity index (χ0) is 19.2. The van der Waals surface area contributed by atoms with Gasteiger partial charge in [0.05, 0.1) is 26.2 Å². The van der Waals surface area contributed by atoms with Crippen LogP contribution in [0.15, 0.2) is 38.8 Å². The first-order chi connectivity index (χ1) is 12.1. The van der Waals surface area contributed by atoms with Crippen LogP contribution in [0.2, 0.25) is 0 Å². The fourth-order valence-corrected chi connectivity index (χ4v) is 3.70. The fraction of sp³-hybridized carbons (Fsp3) is 0.0714. The third-order valence-corrected chi connectivity index (χ3v) is 5.30. The number of carbonyl (C=O) groups is 1. The van der Waals surface area contributed by atoms with Crippen molar-refractivity contribution in [3.8, 4) is 0 Å². The lowest BCUT2D eigenvalue weighted by Crippen LogP contribution is -2.29. The van der Waals surface area contributed by atoms with Gasteiger partial charge in [-0.2, -0.15) is 0 Å². The van der Waals surface area contributed by atoms with Crippen molar-refractivity contribution in [2.45, 2.75) is 4.90 Å². The van der Waals surface area contributed by atoms with Crippen LogP contribution in [0.1, 0.15) is 0 Å². The molecule has 1 heterocycles. The average molecular weight is 378 g/mol. The maximum atomic E-state index is 12.2. The van der Waals surface area contributed by atoms with E-state index in [-0.39, 0.29) is 26.7 Å². The molecule has 3 rings (SSSR count). The van der Waals surface area contributed by atoms with E-state index in [0.29, 0.717) is 0 Å². The molecule has 0 aliphatic rings. The highest BCUT2D eigenvalue weighted by Gasteiger charge is 2.22. The number of fused-ring (bicyclic) bond motifs is 3. The summed E-state index contributed by atoms with van der Waals surface area (Å²) < 4.78 is 24.3. The van der Waals surface area contributed by atoms with Crippen LogP contribution in [0.5, 0.6) is 0 Å². The number of non-ortho nitro benzene ring substituents is 1. The Morgan fingerprint density at radius 1 is 1.12 bits per heavy atom. The molecule has 12 heteroatoms. The molecule has 0 unspecified atom stereocenters. The molecule has 4 N–H and O–H groups in total. The van der Waals surface area contributed by atoms with Gasteiger partial charge in [-0.15, -0.1) is 0 Å². The molecule has 11 nitrogen and oxygen atoms in total. The quantitative estimate of drug-likeness (QED) is 0.237. The molecule has 134 valence electrons. The first-order valence-corrected chi connectivity index (χ1v) is 8.64. The van der Waals surface area contributed by atoms with E-state index in [0.717, 1.165) is 18.2 Å². The van der Waals surface area contributed by atoms with Gasteiger partial charge in [-0.3, -0.25) is 24.5 Å². The van der Waals surface area contributed by atoms with Crippen molar-refractivity contribution in [1.29, 1.82) is 0 Å². The molecule has 26 heavy (non-hydrogen) atoms. The summed E-state index contributed by atoms with van der Waals surface area (Å²) in [6.07, 6.45) is 0. The van der Waals surface area contributed by atoms with Crippen LogP contribution in [-0.4, -0.2) is 35.0 Å². The lowest BCUT2D eigenvalue weighted by Gasteiger charge is -2.07. The second-order valence-electron chi connectivity index (χ2n) is 5.42. The lowest BCUT2D eigenvalue weighted by molar-refractivity contribution is -0.383. The van der Waals surface area contributed by atoms with Crippen molar-refractivity contribution in [1.82, 2.24) is 9.97 Å². The highest BCUT2D eigenvalue weighted by atomic mass is 32.2. The van der Waals surface area contributed by atoms with Crippen molar-refractivity contribution >= 4 is 43.2 Å². The number of primary amides is 1. The molecule has 2 aromatic carbocycles. The molecule has 0 saturated heterocycles. The fourth-order valence-electron chi connectivity index (χ4n) is 2.58. The Hall–Kier alpha value is -3.54. The molecule has 0 bridgehead atoms. The Morgan fingerprint density at radius 3 is 2.38 bits per heavy atom. The van der Waals surface area contributed by atoms with Gasteiger partial charge in [-0.1, -0.05) is 6.07 Å². The zero-order valence-electron chi connectivity index (χ0n) is 12.8.